The summed E-state index contributed by atoms with van der Waals surface area (Å²) in [5.41, 5.74) is 0.993. The molecule has 3 heteroatoms. The van der Waals surface area contributed by atoms with Crippen LogP contribution in [-0.2, 0) is 9.47 Å². The van der Waals surface area contributed by atoms with Crippen molar-refractivity contribution >= 4 is 11.8 Å². The number of methoxy groups -OCH3 is 1. The van der Waals surface area contributed by atoms with Gasteiger partial charge in [-0.25, -0.2) is 0 Å². The van der Waals surface area contributed by atoms with Gasteiger partial charge < -0.3 is 9.47 Å². The van der Waals surface area contributed by atoms with E-state index in [1.165, 1.54) is 0 Å². The van der Waals surface area contributed by atoms with E-state index < -0.39 is 0 Å². The molecule has 0 amide bonds. The van der Waals surface area contributed by atoms with Gasteiger partial charge in [0.15, 0.2) is 0 Å². The number of rotatable bonds is 5. The van der Waals surface area contributed by atoms with Gasteiger partial charge in [0, 0.05) is 7.11 Å². The first kappa shape index (κ1) is 9.27. The molecule has 0 rings (SSSR count). The highest BCUT2D eigenvalue weighted by atomic mass is 32.2. The molecule has 0 aliphatic carbocycles. The fourth-order valence-corrected chi connectivity index (χ4v) is 0.529. The van der Waals surface area contributed by atoms with Crippen LogP contribution in [0.25, 0.3) is 0 Å². The highest BCUT2D eigenvalue weighted by Gasteiger charge is 1.97. The number of hydrogen-bond donors (Lipinski definition) is 0. The second kappa shape index (κ2) is 6.39. The molecule has 0 aromatic carbocycles. The predicted octanol–water partition coefficient (Wildman–Crippen LogP) is 1.52. The van der Waals surface area contributed by atoms with Gasteiger partial charge in [-0.15, -0.1) is 11.8 Å². The van der Waals surface area contributed by atoms with Gasteiger partial charge in [0.1, 0.15) is 5.44 Å². The molecule has 0 atom stereocenters. The van der Waals surface area contributed by atoms with Crippen molar-refractivity contribution in [1.29, 1.82) is 0 Å². The van der Waals surface area contributed by atoms with Gasteiger partial charge in [0.25, 0.3) is 0 Å². The van der Waals surface area contributed by atoms with E-state index in [9.17, 15) is 0 Å². The Kier molecular flexibility index (Phi) is 6.58. The average Bonchev–Trinajstić information content (AvgIpc) is 1.89. The van der Waals surface area contributed by atoms with Crippen molar-refractivity contribution in [3.05, 3.63) is 5.44 Å². The zero-order chi connectivity index (χ0) is 7.11. The van der Waals surface area contributed by atoms with E-state index in [2.05, 4.69) is 0 Å². The Bertz CT molecular complexity index is 59.0. The van der Waals surface area contributed by atoms with E-state index in [0.29, 0.717) is 13.2 Å². The molecule has 0 aromatic heterocycles. The molecular formula is C6H13O2S. The Morgan fingerprint density at radius 3 is 2.56 bits per heavy atom. The van der Waals surface area contributed by atoms with Crippen LogP contribution >= 0.6 is 11.8 Å². The molecule has 9 heavy (non-hydrogen) atoms. The molecule has 0 spiro atoms. The second-order valence-corrected chi connectivity index (χ2v) is 2.52. The van der Waals surface area contributed by atoms with Crippen LogP contribution in [0, 0.1) is 5.44 Å². The number of hydrogen-bond acceptors (Lipinski definition) is 3. The van der Waals surface area contributed by atoms with E-state index in [4.69, 9.17) is 9.47 Å². The summed E-state index contributed by atoms with van der Waals surface area (Å²) < 4.78 is 9.98. The van der Waals surface area contributed by atoms with Gasteiger partial charge in [0.2, 0.25) is 0 Å². The zero-order valence-corrected chi connectivity index (χ0v) is 6.96. The summed E-state index contributed by atoms with van der Waals surface area (Å²) in [6.07, 6.45) is 1.99. The standard InChI is InChI=1S/C6H13O2S/c1-6(9-3)8-5-4-7-2/h4-5H2,1-3H3. The molecule has 2 nitrogen and oxygen atoms in total. The molecule has 0 unspecified atom stereocenters. The first-order chi connectivity index (χ1) is 4.31. The Balaban J connectivity index is 2.88. The predicted molar refractivity (Wildman–Crippen MR) is 40.3 cm³/mol. The summed E-state index contributed by atoms with van der Waals surface area (Å²) in [6, 6.07) is 0. The summed E-state index contributed by atoms with van der Waals surface area (Å²) in [4.78, 5) is 0. The SMILES string of the molecule is COCCO[C](C)SC. The molecule has 0 N–H and O–H groups in total. The van der Waals surface area contributed by atoms with Crippen molar-refractivity contribution in [3.8, 4) is 0 Å². The van der Waals surface area contributed by atoms with E-state index in [0.717, 1.165) is 5.44 Å². The summed E-state index contributed by atoms with van der Waals surface area (Å²) in [5.74, 6) is 0. The summed E-state index contributed by atoms with van der Waals surface area (Å²) in [7, 11) is 1.66. The minimum Gasteiger partial charge on any atom is -0.382 e. The first-order valence-corrected chi connectivity index (χ1v) is 4.03. The largest absolute Gasteiger partial charge is 0.382 e. The quantitative estimate of drug-likeness (QED) is 0.552. The fourth-order valence-electron chi connectivity index (χ4n) is 0.328. The third-order valence-electron chi connectivity index (χ3n) is 0.880. The number of thioether (sulfide) groups is 1. The lowest BCUT2D eigenvalue weighted by Crippen LogP contribution is -2.02. The van der Waals surface area contributed by atoms with Gasteiger partial charge in [-0.1, -0.05) is 0 Å². The molecule has 0 saturated heterocycles. The van der Waals surface area contributed by atoms with Crippen LogP contribution in [0.2, 0.25) is 0 Å². The van der Waals surface area contributed by atoms with Crippen LogP contribution in [0.15, 0.2) is 0 Å². The Hall–Kier alpha value is 0.270. The van der Waals surface area contributed by atoms with Gasteiger partial charge in [-0.2, -0.15) is 0 Å². The minimum absolute atomic E-state index is 0.656. The van der Waals surface area contributed by atoms with Crippen molar-refractivity contribution in [2.75, 3.05) is 26.6 Å². The highest BCUT2D eigenvalue weighted by molar-refractivity contribution is 8.01. The summed E-state index contributed by atoms with van der Waals surface area (Å²) >= 11 is 1.61. The average molecular weight is 149 g/mol. The van der Waals surface area contributed by atoms with Crippen molar-refractivity contribution in [1.82, 2.24) is 0 Å². The summed E-state index contributed by atoms with van der Waals surface area (Å²) in [6.45, 7) is 3.27. The van der Waals surface area contributed by atoms with Crippen molar-refractivity contribution < 1.29 is 9.47 Å². The van der Waals surface area contributed by atoms with Gasteiger partial charge >= 0.3 is 0 Å². The van der Waals surface area contributed by atoms with Gasteiger partial charge in [-0.3, -0.25) is 0 Å². The lowest BCUT2D eigenvalue weighted by atomic mass is 10.7. The smallest absolute Gasteiger partial charge is 0.148 e. The molecule has 0 aromatic rings. The Morgan fingerprint density at radius 2 is 2.11 bits per heavy atom. The normalized spacial score (nSPS) is 10.7. The van der Waals surface area contributed by atoms with E-state index in [1.54, 1.807) is 18.9 Å². The molecule has 0 bridgehead atoms. The highest BCUT2D eigenvalue weighted by Crippen LogP contribution is 2.14. The maximum Gasteiger partial charge on any atom is 0.148 e. The van der Waals surface area contributed by atoms with E-state index >= 15 is 0 Å². The second-order valence-electron chi connectivity index (χ2n) is 1.54. The maximum absolute atomic E-state index is 5.19. The zero-order valence-electron chi connectivity index (χ0n) is 6.14. The maximum atomic E-state index is 5.19. The monoisotopic (exact) mass is 149 g/mol. The molecule has 55 valence electrons. The van der Waals surface area contributed by atoms with E-state index in [1.807, 2.05) is 13.2 Å². The van der Waals surface area contributed by atoms with Gasteiger partial charge in [-0.05, 0) is 13.2 Å². The molecular weight excluding hydrogens is 136 g/mol. The van der Waals surface area contributed by atoms with Crippen molar-refractivity contribution in [2.24, 2.45) is 0 Å². The Labute approximate surface area is 60.9 Å². The molecule has 0 aliphatic rings. The van der Waals surface area contributed by atoms with Crippen LogP contribution in [0.4, 0.5) is 0 Å². The Morgan fingerprint density at radius 1 is 1.44 bits per heavy atom. The minimum atomic E-state index is 0.656. The lowest BCUT2D eigenvalue weighted by molar-refractivity contribution is 0.0994. The molecule has 0 aliphatic heterocycles. The van der Waals surface area contributed by atoms with Crippen LogP contribution in [0.1, 0.15) is 6.92 Å². The van der Waals surface area contributed by atoms with E-state index in [-0.39, 0.29) is 0 Å². The molecule has 1 radical (unpaired) electrons. The molecule has 0 heterocycles. The first-order valence-electron chi connectivity index (χ1n) is 2.80. The fraction of sp³-hybridized carbons (Fsp3) is 0.833. The third-order valence-corrected chi connectivity index (χ3v) is 1.57. The molecule has 0 saturated carbocycles. The summed E-state index contributed by atoms with van der Waals surface area (Å²) in [5, 5.41) is 0. The van der Waals surface area contributed by atoms with Crippen LogP contribution in [0.3, 0.4) is 0 Å². The lowest BCUT2D eigenvalue weighted by Gasteiger charge is -2.06. The topological polar surface area (TPSA) is 18.5 Å². The van der Waals surface area contributed by atoms with Crippen molar-refractivity contribution in [2.45, 2.75) is 6.92 Å². The van der Waals surface area contributed by atoms with Crippen LogP contribution in [0.5, 0.6) is 0 Å². The molecule has 0 fully saturated rings. The van der Waals surface area contributed by atoms with Crippen LogP contribution < -0.4 is 0 Å². The third kappa shape index (κ3) is 6.15. The van der Waals surface area contributed by atoms with Crippen molar-refractivity contribution in [3.63, 3.8) is 0 Å². The van der Waals surface area contributed by atoms with Crippen LogP contribution in [-0.4, -0.2) is 26.6 Å². The van der Waals surface area contributed by atoms with Gasteiger partial charge in [0.05, 0.1) is 13.2 Å². The number of ether oxygens (including phenoxy) is 2.